The van der Waals surface area contributed by atoms with Crippen molar-refractivity contribution in [2.75, 3.05) is 5.32 Å². The molecule has 2 rings (SSSR count). The number of aliphatic hydroxyl groups excluding tert-OH is 1. The van der Waals surface area contributed by atoms with Gasteiger partial charge in [-0.3, -0.25) is 9.78 Å². The SMILES string of the molecule is CCCCc1ccc(CC(=O)Nc2cnccc2CO)cc1. The largest absolute Gasteiger partial charge is 0.392 e. The van der Waals surface area contributed by atoms with Crippen molar-refractivity contribution in [2.45, 2.75) is 39.2 Å². The van der Waals surface area contributed by atoms with Crippen LogP contribution in [0.2, 0.25) is 0 Å². The Balaban J connectivity index is 1.94. The van der Waals surface area contributed by atoms with Crippen LogP contribution in [0.4, 0.5) is 5.69 Å². The lowest BCUT2D eigenvalue weighted by Crippen LogP contribution is -2.15. The van der Waals surface area contributed by atoms with Crippen LogP contribution < -0.4 is 5.32 Å². The molecule has 0 fully saturated rings. The average molecular weight is 298 g/mol. The van der Waals surface area contributed by atoms with Crippen LogP contribution >= 0.6 is 0 Å². The Morgan fingerprint density at radius 3 is 2.59 bits per heavy atom. The molecule has 2 N–H and O–H groups in total. The molecular formula is C18H22N2O2. The molecule has 0 atom stereocenters. The van der Waals surface area contributed by atoms with Crippen LogP contribution in [0.5, 0.6) is 0 Å². The molecule has 0 saturated carbocycles. The molecule has 0 unspecified atom stereocenters. The number of aryl methyl sites for hydroxylation is 1. The lowest BCUT2D eigenvalue weighted by molar-refractivity contribution is -0.115. The van der Waals surface area contributed by atoms with Crippen molar-refractivity contribution < 1.29 is 9.90 Å². The molecule has 0 radical (unpaired) electrons. The molecular weight excluding hydrogens is 276 g/mol. The van der Waals surface area contributed by atoms with Crippen LogP contribution in [-0.4, -0.2) is 16.0 Å². The van der Waals surface area contributed by atoms with Gasteiger partial charge in [0.15, 0.2) is 0 Å². The van der Waals surface area contributed by atoms with Gasteiger partial charge in [-0.15, -0.1) is 0 Å². The smallest absolute Gasteiger partial charge is 0.228 e. The van der Waals surface area contributed by atoms with Gasteiger partial charge < -0.3 is 10.4 Å². The summed E-state index contributed by atoms with van der Waals surface area (Å²) in [7, 11) is 0. The quantitative estimate of drug-likeness (QED) is 0.825. The van der Waals surface area contributed by atoms with Crippen LogP contribution in [-0.2, 0) is 24.2 Å². The average Bonchev–Trinajstić information content (AvgIpc) is 2.54. The predicted octanol–water partition coefficient (Wildman–Crippen LogP) is 3.10. The summed E-state index contributed by atoms with van der Waals surface area (Å²) in [5, 5.41) is 12.0. The van der Waals surface area contributed by atoms with Gasteiger partial charge in [0, 0.05) is 11.8 Å². The number of aromatic nitrogens is 1. The fourth-order valence-electron chi connectivity index (χ4n) is 2.26. The van der Waals surface area contributed by atoms with Crippen molar-refractivity contribution in [1.29, 1.82) is 0 Å². The number of unbranched alkanes of at least 4 members (excludes halogenated alkanes) is 1. The first-order valence-electron chi connectivity index (χ1n) is 7.64. The van der Waals surface area contributed by atoms with Crippen LogP contribution in [0.15, 0.2) is 42.7 Å². The third-order valence-corrected chi connectivity index (χ3v) is 3.56. The highest BCUT2D eigenvalue weighted by Crippen LogP contribution is 2.14. The van der Waals surface area contributed by atoms with Crippen LogP contribution in [0.3, 0.4) is 0 Å². The number of pyridine rings is 1. The Bertz CT molecular complexity index is 609. The number of benzene rings is 1. The number of hydrogen-bond donors (Lipinski definition) is 2. The fourth-order valence-corrected chi connectivity index (χ4v) is 2.26. The number of carbonyl (C=O) groups excluding carboxylic acids is 1. The summed E-state index contributed by atoms with van der Waals surface area (Å²) in [4.78, 5) is 16.1. The minimum Gasteiger partial charge on any atom is -0.392 e. The molecule has 1 aromatic carbocycles. The van der Waals surface area contributed by atoms with E-state index >= 15 is 0 Å². The second kappa shape index (κ2) is 8.29. The van der Waals surface area contributed by atoms with Gasteiger partial charge in [-0.2, -0.15) is 0 Å². The van der Waals surface area contributed by atoms with Gasteiger partial charge in [0.1, 0.15) is 0 Å². The molecule has 4 heteroatoms. The van der Waals surface area contributed by atoms with Crippen molar-refractivity contribution >= 4 is 11.6 Å². The molecule has 22 heavy (non-hydrogen) atoms. The summed E-state index contributed by atoms with van der Waals surface area (Å²) in [5.41, 5.74) is 3.51. The molecule has 1 amide bonds. The Kier molecular flexibility index (Phi) is 6.10. The van der Waals surface area contributed by atoms with E-state index in [1.54, 1.807) is 18.5 Å². The van der Waals surface area contributed by atoms with Crippen LogP contribution in [0.1, 0.15) is 36.5 Å². The summed E-state index contributed by atoms with van der Waals surface area (Å²) in [6.07, 6.45) is 6.91. The number of nitrogens with one attached hydrogen (secondary N) is 1. The fraction of sp³-hybridized carbons (Fsp3) is 0.333. The Labute approximate surface area is 131 Å². The highest BCUT2D eigenvalue weighted by Gasteiger charge is 2.07. The van der Waals surface area contributed by atoms with Crippen LogP contribution in [0, 0.1) is 0 Å². The zero-order chi connectivity index (χ0) is 15.8. The Morgan fingerprint density at radius 2 is 1.91 bits per heavy atom. The number of aliphatic hydroxyl groups is 1. The second-order valence-corrected chi connectivity index (χ2v) is 5.34. The monoisotopic (exact) mass is 298 g/mol. The third-order valence-electron chi connectivity index (χ3n) is 3.56. The minimum absolute atomic E-state index is 0.107. The number of rotatable bonds is 7. The van der Waals surface area contributed by atoms with E-state index < -0.39 is 0 Å². The summed E-state index contributed by atoms with van der Waals surface area (Å²) < 4.78 is 0. The van der Waals surface area contributed by atoms with Gasteiger partial charge in [-0.25, -0.2) is 0 Å². The number of nitrogens with zero attached hydrogens (tertiary/aromatic N) is 1. The minimum atomic E-state index is -0.121. The molecule has 0 bridgehead atoms. The lowest BCUT2D eigenvalue weighted by Gasteiger charge is -2.09. The molecule has 1 aromatic heterocycles. The zero-order valence-electron chi connectivity index (χ0n) is 12.9. The summed E-state index contributed by atoms with van der Waals surface area (Å²) in [6.45, 7) is 2.06. The summed E-state index contributed by atoms with van der Waals surface area (Å²) in [5.74, 6) is -0.107. The van der Waals surface area contributed by atoms with Gasteiger partial charge in [0.05, 0.1) is 24.9 Å². The maximum atomic E-state index is 12.1. The molecule has 1 heterocycles. The molecule has 116 valence electrons. The molecule has 0 spiro atoms. The zero-order valence-corrected chi connectivity index (χ0v) is 12.9. The van der Waals surface area contributed by atoms with Gasteiger partial charge in [-0.05, 0) is 30.0 Å². The molecule has 0 aliphatic heterocycles. The Hall–Kier alpha value is -2.20. The first-order valence-corrected chi connectivity index (χ1v) is 7.64. The molecule has 0 aliphatic rings. The highest BCUT2D eigenvalue weighted by molar-refractivity contribution is 5.92. The van der Waals surface area contributed by atoms with Crippen LogP contribution in [0.25, 0.3) is 0 Å². The van der Waals surface area contributed by atoms with Gasteiger partial charge in [0.25, 0.3) is 0 Å². The van der Waals surface area contributed by atoms with E-state index in [9.17, 15) is 9.90 Å². The van der Waals surface area contributed by atoms with E-state index in [4.69, 9.17) is 0 Å². The van der Waals surface area contributed by atoms with E-state index in [1.807, 2.05) is 12.1 Å². The summed E-state index contributed by atoms with van der Waals surface area (Å²) >= 11 is 0. The van der Waals surface area contributed by atoms with E-state index in [1.165, 1.54) is 18.4 Å². The highest BCUT2D eigenvalue weighted by atomic mass is 16.3. The van der Waals surface area contributed by atoms with Crippen molar-refractivity contribution in [3.63, 3.8) is 0 Å². The van der Waals surface area contributed by atoms with Gasteiger partial charge in [-0.1, -0.05) is 37.6 Å². The molecule has 0 saturated heterocycles. The van der Waals surface area contributed by atoms with E-state index in [0.29, 0.717) is 17.7 Å². The topological polar surface area (TPSA) is 62.2 Å². The van der Waals surface area contributed by atoms with Crippen molar-refractivity contribution in [3.05, 3.63) is 59.4 Å². The molecule has 0 aliphatic carbocycles. The number of hydrogen-bond acceptors (Lipinski definition) is 3. The number of anilines is 1. The van der Waals surface area contributed by atoms with Gasteiger partial charge >= 0.3 is 0 Å². The van der Waals surface area contributed by atoms with Gasteiger partial charge in [0.2, 0.25) is 5.91 Å². The second-order valence-electron chi connectivity index (χ2n) is 5.34. The maximum Gasteiger partial charge on any atom is 0.228 e. The van der Waals surface area contributed by atoms with E-state index in [0.717, 1.165) is 12.0 Å². The number of amides is 1. The first kappa shape index (κ1) is 16.2. The van der Waals surface area contributed by atoms with E-state index in [2.05, 4.69) is 29.4 Å². The van der Waals surface area contributed by atoms with E-state index in [-0.39, 0.29) is 12.5 Å². The first-order chi connectivity index (χ1) is 10.7. The van der Waals surface area contributed by atoms with Crippen molar-refractivity contribution in [1.82, 2.24) is 4.98 Å². The van der Waals surface area contributed by atoms with Crippen molar-refractivity contribution in [2.24, 2.45) is 0 Å². The molecule has 4 nitrogen and oxygen atoms in total. The summed E-state index contributed by atoms with van der Waals surface area (Å²) in [6, 6.07) is 9.86. The lowest BCUT2D eigenvalue weighted by atomic mass is 10.0. The Morgan fingerprint density at radius 1 is 1.18 bits per heavy atom. The normalized spacial score (nSPS) is 10.5. The van der Waals surface area contributed by atoms with Crippen molar-refractivity contribution in [3.8, 4) is 0 Å². The predicted molar refractivity (Wildman–Crippen MR) is 87.5 cm³/mol. The standard InChI is InChI=1S/C18H22N2O2/c1-2-3-4-14-5-7-15(8-6-14)11-18(22)20-17-12-19-10-9-16(17)13-21/h5-10,12,21H,2-4,11,13H2,1H3,(H,20,22). The number of carbonyl (C=O) groups is 1. The third kappa shape index (κ3) is 4.67. The maximum absolute atomic E-state index is 12.1. The molecule has 2 aromatic rings.